The summed E-state index contributed by atoms with van der Waals surface area (Å²) in [5, 5.41) is 0.691. The Bertz CT molecular complexity index is 695. The molecular formula is C13H10Br3NO2S. The molecule has 0 spiro atoms. The van der Waals surface area contributed by atoms with Crippen molar-refractivity contribution in [1.82, 2.24) is 0 Å². The lowest BCUT2D eigenvalue weighted by Gasteiger charge is -2.11. The normalized spacial score (nSPS) is 11.3. The molecule has 0 unspecified atom stereocenters. The van der Waals surface area contributed by atoms with E-state index in [9.17, 15) is 8.42 Å². The van der Waals surface area contributed by atoms with Crippen molar-refractivity contribution in [3.05, 3.63) is 57.0 Å². The Balaban J connectivity index is 2.35. The van der Waals surface area contributed by atoms with Crippen LogP contribution in [0.4, 0.5) is 5.69 Å². The van der Waals surface area contributed by atoms with Gasteiger partial charge in [0, 0.05) is 14.3 Å². The minimum absolute atomic E-state index is 0.227. The molecule has 0 aliphatic rings. The summed E-state index contributed by atoms with van der Waals surface area (Å²) in [4.78, 5) is 0.227. The van der Waals surface area contributed by atoms with Gasteiger partial charge in [-0.1, -0.05) is 34.1 Å². The molecule has 1 N–H and O–H groups in total. The zero-order valence-corrected chi connectivity index (χ0v) is 15.7. The molecule has 0 saturated carbocycles. The van der Waals surface area contributed by atoms with Gasteiger partial charge in [-0.25, -0.2) is 8.42 Å². The van der Waals surface area contributed by atoms with Gasteiger partial charge in [0.25, 0.3) is 10.0 Å². The fourth-order valence-corrected chi connectivity index (χ4v) is 4.48. The molecule has 0 saturated heterocycles. The molecule has 106 valence electrons. The van der Waals surface area contributed by atoms with Crippen molar-refractivity contribution in [2.45, 2.75) is 10.2 Å². The summed E-state index contributed by atoms with van der Waals surface area (Å²) in [6, 6.07) is 12.1. The number of alkyl halides is 1. The van der Waals surface area contributed by atoms with Crippen molar-refractivity contribution in [1.29, 1.82) is 0 Å². The second kappa shape index (κ2) is 6.60. The largest absolute Gasteiger partial charge is 0.277 e. The predicted octanol–water partition coefficient (Wildman–Crippen LogP) is 4.91. The maximum absolute atomic E-state index is 12.3. The molecule has 2 rings (SSSR count). The number of para-hydroxylation sites is 1. The zero-order valence-electron chi connectivity index (χ0n) is 10.1. The third kappa shape index (κ3) is 3.63. The van der Waals surface area contributed by atoms with Crippen molar-refractivity contribution >= 4 is 63.5 Å². The van der Waals surface area contributed by atoms with E-state index < -0.39 is 10.0 Å². The van der Waals surface area contributed by atoms with Crippen LogP contribution in [-0.4, -0.2) is 8.42 Å². The topological polar surface area (TPSA) is 46.2 Å². The SMILES string of the molecule is O=S(=O)(Nc1c(Br)cccc1Br)c1ccc(CBr)cc1. The molecular weight excluding hydrogens is 474 g/mol. The van der Waals surface area contributed by atoms with Crippen LogP contribution in [0.15, 0.2) is 56.3 Å². The zero-order chi connectivity index (χ0) is 14.8. The number of anilines is 1. The lowest BCUT2D eigenvalue weighted by atomic mass is 10.2. The molecule has 20 heavy (non-hydrogen) atoms. The third-order valence-corrected chi connectivity index (χ3v) is 5.92. The molecule has 0 bridgehead atoms. The van der Waals surface area contributed by atoms with Crippen molar-refractivity contribution < 1.29 is 8.42 Å². The van der Waals surface area contributed by atoms with Crippen LogP contribution < -0.4 is 4.72 Å². The van der Waals surface area contributed by atoms with Crippen molar-refractivity contribution in [3.63, 3.8) is 0 Å². The molecule has 2 aromatic carbocycles. The number of rotatable bonds is 4. The van der Waals surface area contributed by atoms with Crippen LogP contribution in [0.3, 0.4) is 0 Å². The quantitative estimate of drug-likeness (QED) is 0.628. The molecule has 0 atom stereocenters. The Morgan fingerprint density at radius 3 is 2.00 bits per heavy atom. The van der Waals surface area contributed by atoms with Crippen molar-refractivity contribution in [2.24, 2.45) is 0 Å². The summed E-state index contributed by atoms with van der Waals surface area (Å²) in [7, 11) is -3.61. The first kappa shape index (κ1) is 16.0. The average molecular weight is 484 g/mol. The summed E-state index contributed by atoms with van der Waals surface area (Å²) < 4.78 is 28.6. The smallest absolute Gasteiger partial charge is 0.261 e. The highest BCUT2D eigenvalue weighted by Gasteiger charge is 2.17. The fraction of sp³-hybridized carbons (Fsp3) is 0.0769. The first-order valence-corrected chi connectivity index (χ1v) is 9.75. The second-order valence-corrected chi connectivity index (χ2v) is 7.93. The van der Waals surface area contributed by atoms with E-state index in [0.29, 0.717) is 20.0 Å². The maximum Gasteiger partial charge on any atom is 0.261 e. The number of benzene rings is 2. The monoisotopic (exact) mass is 481 g/mol. The Morgan fingerprint density at radius 1 is 0.950 bits per heavy atom. The number of sulfonamides is 1. The van der Waals surface area contributed by atoms with E-state index in [-0.39, 0.29) is 4.90 Å². The lowest BCUT2D eigenvalue weighted by Crippen LogP contribution is -2.13. The second-order valence-electron chi connectivity index (χ2n) is 3.98. The molecule has 0 heterocycles. The van der Waals surface area contributed by atoms with Crippen LogP contribution in [-0.2, 0) is 15.4 Å². The van der Waals surface area contributed by atoms with E-state index in [0.717, 1.165) is 5.56 Å². The van der Waals surface area contributed by atoms with Crippen LogP contribution in [0, 0.1) is 0 Å². The lowest BCUT2D eigenvalue weighted by molar-refractivity contribution is 0.601. The molecule has 0 radical (unpaired) electrons. The summed E-state index contributed by atoms with van der Waals surface area (Å²) in [5.41, 5.74) is 1.50. The highest BCUT2D eigenvalue weighted by molar-refractivity contribution is 9.11. The molecule has 7 heteroatoms. The van der Waals surface area contributed by atoms with Gasteiger partial charge >= 0.3 is 0 Å². The minimum atomic E-state index is -3.61. The summed E-state index contributed by atoms with van der Waals surface area (Å²) >= 11 is 9.99. The van der Waals surface area contributed by atoms with Gasteiger partial charge in [0.2, 0.25) is 0 Å². The highest BCUT2D eigenvalue weighted by atomic mass is 79.9. The minimum Gasteiger partial charge on any atom is -0.277 e. The van der Waals surface area contributed by atoms with E-state index >= 15 is 0 Å². The Kier molecular flexibility index (Phi) is 5.28. The third-order valence-electron chi connectivity index (χ3n) is 2.59. The van der Waals surface area contributed by atoms with E-state index in [1.54, 1.807) is 36.4 Å². The summed E-state index contributed by atoms with van der Waals surface area (Å²) in [5.74, 6) is 0. The van der Waals surface area contributed by atoms with Gasteiger partial charge in [-0.3, -0.25) is 4.72 Å². The van der Waals surface area contributed by atoms with Crippen LogP contribution in [0.25, 0.3) is 0 Å². The summed E-state index contributed by atoms with van der Waals surface area (Å²) in [6.07, 6.45) is 0. The van der Waals surface area contributed by atoms with Gasteiger partial charge in [0.05, 0.1) is 10.6 Å². The number of hydrogen-bond acceptors (Lipinski definition) is 2. The molecule has 0 aromatic heterocycles. The first-order valence-electron chi connectivity index (χ1n) is 5.56. The van der Waals surface area contributed by atoms with Gasteiger partial charge < -0.3 is 0 Å². The predicted molar refractivity (Wildman–Crippen MR) is 91.7 cm³/mol. The molecule has 0 aliphatic carbocycles. The number of halogens is 3. The van der Waals surface area contributed by atoms with E-state index in [1.807, 2.05) is 6.07 Å². The fourth-order valence-electron chi connectivity index (χ4n) is 1.55. The molecule has 0 amide bonds. The van der Waals surface area contributed by atoms with Crippen LogP contribution >= 0.6 is 47.8 Å². The van der Waals surface area contributed by atoms with E-state index in [1.165, 1.54) is 0 Å². The van der Waals surface area contributed by atoms with Gasteiger partial charge in [-0.05, 0) is 61.7 Å². The van der Waals surface area contributed by atoms with Crippen molar-refractivity contribution in [2.75, 3.05) is 4.72 Å². The van der Waals surface area contributed by atoms with Crippen LogP contribution in [0.5, 0.6) is 0 Å². The Labute approximate surface area is 143 Å². The Hall–Kier alpha value is -0.370. The van der Waals surface area contributed by atoms with Crippen molar-refractivity contribution in [3.8, 4) is 0 Å². The number of hydrogen-bond donors (Lipinski definition) is 1. The van der Waals surface area contributed by atoms with Gasteiger partial charge in [0.1, 0.15) is 0 Å². The highest BCUT2D eigenvalue weighted by Crippen LogP contribution is 2.32. The average Bonchev–Trinajstić information content (AvgIpc) is 2.43. The Morgan fingerprint density at radius 2 is 1.50 bits per heavy atom. The van der Waals surface area contributed by atoms with Crippen LogP contribution in [0.2, 0.25) is 0 Å². The number of nitrogens with one attached hydrogen (secondary N) is 1. The molecule has 0 fully saturated rings. The summed E-state index contributed by atoms with van der Waals surface area (Å²) in [6.45, 7) is 0. The van der Waals surface area contributed by atoms with E-state index in [4.69, 9.17) is 0 Å². The van der Waals surface area contributed by atoms with E-state index in [2.05, 4.69) is 52.5 Å². The van der Waals surface area contributed by atoms with Gasteiger partial charge in [-0.2, -0.15) is 0 Å². The maximum atomic E-state index is 12.3. The molecule has 0 aliphatic heterocycles. The van der Waals surface area contributed by atoms with Gasteiger partial charge in [0.15, 0.2) is 0 Å². The molecule has 2 aromatic rings. The first-order chi connectivity index (χ1) is 9.44. The molecule has 3 nitrogen and oxygen atoms in total. The standard InChI is InChI=1S/C13H10Br3NO2S/c14-8-9-4-6-10(7-5-9)20(18,19)17-13-11(15)2-1-3-12(13)16/h1-7,17H,8H2. The van der Waals surface area contributed by atoms with Crippen LogP contribution in [0.1, 0.15) is 5.56 Å². The van der Waals surface area contributed by atoms with Gasteiger partial charge in [-0.15, -0.1) is 0 Å².